The molecule has 0 aromatic rings. The molecule has 0 bridgehead atoms. The minimum atomic E-state index is -1.23. The van der Waals surface area contributed by atoms with E-state index < -0.39 is 12.1 Å². The maximum atomic E-state index is 10.9. The molecule has 1 atom stereocenters. The van der Waals surface area contributed by atoms with Gasteiger partial charge in [-0.15, -0.1) is 0 Å². The number of carboxylic acids is 1. The van der Waals surface area contributed by atoms with Crippen LogP contribution in [0.1, 0.15) is 117 Å². The fourth-order valence-corrected chi connectivity index (χ4v) is 3.30. The molecule has 5 heteroatoms. The van der Waals surface area contributed by atoms with Crippen LogP contribution in [-0.2, 0) is 9.59 Å². The van der Waals surface area contributed by atoms with Crippen LogP contribution in [0.3, 0.4) is 0 Å². The van der Waals surface area contributed by atoms with Crippen molar-refractivity contribution < 1.29 is 19.8 Å². The van der Waals surface area contributed by atoms with Gasteiger partial charge < -0.3 is 10.2 Å². The number of aliphatic hydroxyl groups excluding tert-OH is 1. The van der Waals surface area contributed by atoms with Gasteiger partial charge in [0.25, 0.3) is 0 Å². The summed E-state index contributed by atoms with van der Waals surface area (Å²) in [6, 6.07) is 0. The van der Waals surface area contributed by atoms with Crippen LogP contribution < -0.4 is 0 Å². The monoisotopic (exact) mass is 396 g/mol. The molecular formula is C21H41KO4. The zero-order valence-electron chi connectivity index (χ0n) is 17.6. The van der Waals surface area contributed by atoms with Crippen LogP contribution in [0.4, 0.5) is 0 Å². The third-order valence-electron chi connectivity index (χ3n) is 4.49. The fourth-order valence-electron chi connectivity index (χ4n) is 2.75. The van der Waals surface area contributed by atoms with E-state index in [0.29, 0.717) is 48.8 Å². The Labute approximate surface area is 195 Å². The Morgan fingerprint density at radius 2 is 1.00 bits per heavy atom. The topological polar surface area (TPSA) is 74.6 Å². The van der Waals surface area contributed by atoms with E-state index in [-0.39, 0.29) is 0 Å². The first-order chi connectivity index (χ1) is 12.4. The third kappa shape index (κ3) is 29.5. The Bertz CT molecular complexity index is 319. The minimum absolute atomic E-state index is 0.420. The van der Waals surface area contributed by atoms with Crippen molar-refractivity contribution in [1.82, 2.24) is 0 Å². The first-order valence-electron chi connectivity index (χ1n) is 10.8. The van der Waals surface area contributed by atoms with Gasteiger partial charge in [0.1, 0.15) is 6.10 Å². The van der Waals surface area contributed by atoms with E-state index in [1.807, 2.05) is 0 Å². The number of carbonyl (C=O) groups excluding carboxylic acids is 1. The second kappa shape index (κ2) is 23.8. The number of aliphatic hydroxyl groups is 1. The summed E-state index contributed by atoms with van der Waals surface area (Å²) in [5, 5.41) is 15.8. The molecule has 150 valence electrons. The van der Waals surface area contributed by atoms with Crippen LogP contribution in [-0.4, -0.2) is 71.1 Å². The average molecular weight is 397 g/mol. The Kier molecular flexibility index (Phi) is 26.5. The number of carboxylic acid groups (broad SMARTS) is 1. The molecule has 0 heterocycles. The molecular weight excluding hydrogens is 355 g/mol. The molecule has 26 heavy (non-hydrogen) atoms. The van der Waals surface area contributed by atoms with Gasteiger partial charge in [-0.1, -0.05) is 39.0 Å². The summed E-state index contributed by atoms with van der Waals surface area (Å²) in [7, 11) is 0. The Balaban J connectivity index is 0. The normalized spacial score (nSPS) is 11.6. The van der Waals surface area contributed by atoms with Gasteiger partial charge >= 0.3 is 130 Å². The first kappa shape index (κ1) is 28.9. The zero-order chi connectivity index (χ0) is 20.0. The van der Waals surface area contributed by atoms with Crippen molar-refractivity contribution in [2.24, 2.45) is 0 Å². The van der Waals surface area contributed by atoms with Crippen LogP contribution in [0, 0.1) is 0 Å². The Hall–Kier alpha value is 0.736. The summed E-state index contributed by atoms with van der Waals surface area (Å²) in [5.41, 5.74) is 0. The fraction of sp³-hybridized carbons (Fsp3) is 0.905. The van der Waals surface area contributed by atoms with Crippen LogP contribution in [0.2, 0.25) is 0 Å². The van der Waals surface area contributed by atoms with Gasteiger partial charge in [0.15, 0.2) is 0 Å². The van der Waals surface area contributed by atoms with Gasteiger partial charge in [-0.25, -0.2) is 4.79 Å². The van der Waals surface area contributed by atoms with E-state index in [4.69, 9.17) is 10.2 Å². The van der Waals surface area contributed by atoms with Gasteiger partial charge in [0.05, 0.1) is 0 Å². The van der Waals surface area contributed by atoms with Gasteiger partial charge in [0.2, 0.25) is 0 Å². The van der Waals surface area contributed by atoms with Crippen molar-refractivity contribution in [2.45, 2.75) is 123 Å². The maximum absolute atomic E-state index is 10.9. The van der Waals surface area contributed by atoms with Crippen molar-refractivity contribution in [3.05, 3.63) is 0 Å². The molecule has 0 saturated heterocycles. The van der Waals surface area contributed by atoms with Crippen molar-refractivity contribution in [3.8, 4) is 0 Å². The summed E-state index contributed by atoms with van der Waals surface area (Å²) in [6.45, 7) is 3.48. The molecule has 0 radical (unpaired) electrons. The predicted octanol–water partition coefficient (Wildman–Crippen LogP) is 5.39. The number of aliphatic carboxylic acids is 1. The van der Waals surface area contributed by atoms with E-state index in [0.717, 1.165) is 12.8 Å². The van der Waals surface area contributed by atoms with Crippen LogP contribution >= 0.6 is 0 Å². The molecule has 1 unspecified atom stereocenters. The van der Waals surface area contributed by atoms with Crippen molar-refractivity contribution in [1.29, 1.82) is 0 Å². The zero-order valence-corrected chi connectivity index (χ0v) is 20.7. The van der Waals surface area contributed by atoms with E-state index >= 15 is 0 Å². The number of hydrogen-bond acceptors (Lipinski definition) is 3. The van der Waals surface area contributed by atoms with Crippen molar-refractivity contribution >= 4 is 54.8 Å². The van der Waals surface area contributed by atoms with Gasteiger partial charge in [-0.2, -0.15) is 0 Å². The molecule has 0 aromatic carbocycles. The summed E-state index contributed by atoms with van der Waals surface area (Å²) in [6.07, 6.45) is 20.6. The average Bonchev–Trinajstić information content (AvgIpc) is 2.58. The molecule has 4 nitrogen and oxygen atoms in total. The molecule has 0 spiro atoms. The van der Waals surface area contributed by atoms with Gasteiger partial charge in [-0.05, 0) is 6.92 Å². The molecule has 0 aliphatic heterocycles. The second-order valence-corrected chi connectivity index (χ2v) is 9.16. The number of unbranched alkanes of at least 4 members (excludes halogenated alkanes) is 14. The molecule has 0 aliphatic rings. The van der Waals surface area contributed by atoms with E-state index in [2.05, 4.69) is 6.92 Å². The Morgan fingerprint density at radius 3 is 1.23 bits per heavy atom. The third-order valence-corrected chi connectivity index (χ3v) is 5.27. The first-order valence-corrected chi connectivity index (χ1v) is 12.4. The summed E-state index contributed by atoms with van der Waals surface area (Å²) < 4.78 is 0.534. The molecule has 0 rings (SSSR count). The molecule has 0 aliphatic carbocycles. The van der Waals surface area contributed by atoms with Crippen LogP contribution in [0.15, 0.2) is 0 Å². The molecule has 0 amide bonds. The summed E-state index contributed by atoms with van der Waals surface area (Å²) in [5.74, 6) is -1.19. The van der Waals surface area contributed by atoms with E-state index in [1.54, 1.807) is 0 Å². The standard InChI is InChI=1S/C18H35O.C3H6O3.K/c1-2-3-4-5-6-7-8-9-10-11-12-13-14-15-16-17-18-19;1-2(4)3(5)6;/h2-17H2,1H3;2,4H,1H3,(H,5,6);. The van der Waals surface area contributed by atoms with Crippen LogP contribution in [0.5, 0.6) is 0 Å². The summed E-state index contributed by atoms with van der Waals surface area (Å²) in [4.78, 5) is 20.3. The molecule has 0 aromatic heterocycles. The molecule has 0 saturated carbocycles. The number of carbonyl (C=O) groups is 2. The molecule has 2 N–H and O–H groups in total. The second-order valence-electron chi connectivity index (χ2n) is 7.42. The van der Waals surface area contributed by atoms with E-state index in [1.165, 1.54) is 96.8 Å². The number of rotatable bonds is 17. The van der Waals surface area contributed by atoms with E-state index in [9.17, 15) is 9.59 Å². The van der Waals surface area contributed by atoms with Gasteiger partial charge in [-0.3, -0.25) is 0 Å². The molecule has 0 fully saturated rings. The van der Waals surface area contributed by atoms with Gasteiger partial charge in [0, 0.05) is 0 Å². The van der Waals surface area contributed by atoms with Crippen LogP contribution in [0.25, 0.3) is 0 Å². The van der Waals surface area contributed by atoms with Crippen molar-refractivity contribution in [2.75, 3.05) is 0 Å². The predicted molar refractivity (Wildman–Crippen MR) is 110 cm³/mol. The summed E-state index contributed by atoms with van der Waals surface area (Å²) >= 11 is 0.420. The Morgan fingerprint density at radius 1 is 0.731 bits per heavy atom. The quantitative estimate of drug-likeness (QED) is 0.255. The number of hydrogen-bond donors (Lipinski definition) is 2. The SMILES string of the molecule is CC(O)C(=O)O.CCCCCCCCCCCCCCCCC[C](=O)[K]. The van der Waals surface area contributed by atoms with Crippen molar-refractivity contribution in [3.63, 3.8) is 0 Å².